The van der Waals surface area contributed by atoms with Crippen molar-refractivity contribution < 1.29 is 19.4 Å². The molecule has 2 unspecified atom stereocenters. The van der Waals surface area contributed by atoms with E-state index in [1.54, 1.807) is 0 Å². The predicted octanol–water partition coefficient (Wildman–Crippen LogP) is 2.59. The molecule has 1 aromatic carbocycles. The van der Waals surface area contributed by atoms with Crippen molar-refractivity contribution in [2.45, 2.75) is 38.8 Å². The first-order chi connectivity index (χ1) is 9.38. The number of hydrogen-bond donors (Lipinski definition) is 2. The fraction of sp³-hybridized carbons (Fsp3) is 0.500. The van der Waals surface area contributed by atoms with E-state index in [1.165, 1.54) is 14.0 Å². The van der Waals surface area contributed by atoms with Gasteiger partial charge in [0.05, 0.1) is 11.6 Å². The van der Waals surface area contributed by atoms with Crippen LogP contribution in [-0.2, 0) is 11.2 Å². The Hall–Kier alpha value is -1.27. The predicted molar refractivity (Wildman–Crippen MR) is 80.4 cm³/mol. The standard InChI is InChI=1S/C14H20BrNO4/c1-4-10(16)5-9-6-11(15)13(12(7-9)19-3)20-8(2)14(17)18/h6-8,10H,4-5,16H2,1-3H3,(H,17,18). The lowest BCUT2D eigenvalue weighted by Crippen LogP contribution is -2.23. The molecule has 112 valence electrons. The molecule has 0 aliphatic rings. The van der Waals surface area contributed by atoms with Crippen LogP contribution in [0.1, 0.15) is 25.8 Å². The Morgan fingerprint density at radius 2 is 2.15 bits per heavy atom. The third-order valence-electron chi connectivity index (χ3n) is 2.95. The summed E-state index contributed by atoms with van der Waals surface area (Å²) in [6, 6.07) is 3.78. The molecular weight excluding hydrogens is 326 g/mol. The third kappa shape index (κ3) is 4.38. The molecule has 0 saturated carbocycles. The third-order valence-corrected chi connectivity index (χ3v) is 3.54. The van der Waals surface area contributed by atoms with Gasteiger partial charge in [-0.1, -0.05) is 6.92 Å². The largest absolute Gasteiger partial charge is 0.493 e. The Labute approximate surface area is 127 Å². The van der Waals surface area contributed by atoms with Gasteiger partial charge in [0.1, 0.15) is 0 Å². The van der Waals surface area contributed by atoms with Crippen molar-refractivity contribution in [3.8, 4) is 11.5 Å². The van der Waals surface area contributed by atoms with Gasteiger partial charge in [-0.05, 0) is 53.4 Å². The number of benzene rings is 1. The first-order valence-electron chi connectivity index (χ1n) is 6.40. The van der Waals surface area contributed by atoms with Crippen molar-refractivity contribution in [1.29, 1.82) is 0 Å². The van der Waals surface area contributed by atoms with E-state index in [4.69, 9.17) is 20.3 Å². The van der Waals surface area contributed by atoms with Gasteiger partial charge >= 0.3 is 5.97 Å². The normalized spacial score (nSPS) is 13.7. The van der Waals surface area contributed by atoms with E-state index < -0.39 is 12.1 Å². The van der Waals surface area contributed by atoms with Crippen molar-refractivity contribution in [2.75, 3.05) is 7.11 Å². The van der Waals surface area contributed by atoms with Crippen molar-refractivity contribution in [3.05, 3.63) is 22.2 Å². The first-order valence-corrected chi connectivity index (χ1v) is 7.19. The lowest BCUT2D eigenvalue weighted by molar-refractivity contribution is -0.144. The van der Waals surface area contributed by atoms with Gasteiger partial charge in [-0.3, -0.25) is 0 Å². The molecule has 1 rings (SSSR count). The zero-order valence-corrected chi connectivity index (χ0v) is 13.4. The van der Waals surface area contributed by atoms with E-state index in [0.717, 1.165) is 18.4 Å². The first kappa shape index (κ1) is 16.8. The van der Waals surface area contributed by atoms with Gasteiger partial charge in [-0.15, -0.1) is 0 Å². The monoisotopic (exact) mass is 345 g/mol. The van der Waals surface area contributed by atoms with Gasteiger partial charge in [0, 0.05) is 6.04 Å². The number of carboxylic acids is 1. The smallest absolute Gasteiger partial charge is 0.344 e. The highest BCUT2D eigenvalue weighted by molar-refractivity contribution is 9.10. The maximum atomic E-state index is 10.9. The minimum atomic E-state index is -1.03. The fourth-order valence-electron chi connectivity index (χ4n) is 1.68. The fourth-order valence-corrected chi connectivity index (χ4v) is 2.26. The summed E-state index contributed by atoms with van der Waals surface area (Å²) in [5, 5.41) is 8.91. The summed E-state index contributed by atoms with van der Waals surface area (Å²) in [5.74, 6) is -0.155. The molecule has 0 fully saturated rings. The molecule has 5 nitrogen and oxygen atoms in total. The van der Waals surface area contributed by atoms with E-state index in [2.05, 4.69) is 15.9 Å². The minimum absolute atomic E-state index is 0.0799. The molecule has 0 bridgehead atoms. The maximum absolute atomic E-state index is 10.9. The summed E-state index contributed by atoms with van der Waals surface area (Å²) in [4.78, 5) is 10.9. The van der Waals surface area contributed by atoms with Gasteiger partial charge in [-0.25, -0.2) is 4.79 Å². The molecule has 0 aromatic heterocycles. The van der Waals surface area contributed by atoms with Gasteiger partial charge in [-0.2, -0.15) is 0 Å². The number of carboxylic acid groups (broad SMARTS) is 1. The molecule has 2 atom stereocenters. The highest BCUT2D eigenvalue weighted by Gasteiger charge is 2.19. The lowest BCUT2D eigenvalue weighted by atomic mass is 10.0. The number of aliphatic carboxylic acids is 1. The second-order valence-corrected chi connectivity index (χ2v) is 5.43. The Morgan fingerprint density at radius 1 is 1.50 bits per heavy atom. The Bertz CT molecular complexity index is 478. The molecule has 0 heterocycles. The Morgan fingerprint density at radius 3 is 2.65 bits per heavy atom. The number of nitrogens with two attached hydrogens (primary N) is 1. The number of methoxy groups -OCH3 is 1. The zero-order chi connectivity index (χ0) is 15.3. The zero-order valence-electron chi connectivity index (χ0n) is 11.9. The molecule has 20 heavy (non-hydrogen) atoms. The number of rotatable bonds is 7. The van der Waals surface area contributed by atoms with Crippen molar-refractivity contribution in [3.63, 3.8) is 0 Å². The van der Waals surface area contributed by atoms with Crippen molar-refractivity contribution >= 4 is 21.9 Å². The summed E-state index contributed by atoms with van der Waals surface area (Å²) in [5.41, 5.74) is 6.95. The van der Waals surface area contributed by atoms with E-state index >= 15 is 0 Å². The van der Waals surface area contributed by atoms with Crippen LogP contribution in [0.2, 0.25) is 0 Å². The summed E-state index contributed by atoms with van der Waals surface area (Å²) in [6.45, 7) is 3.50. The lowest BCUT2D eigenvalue weighted by Gasteiger charge is -2.17. The number of halogens is 1. The van der Waals surface area contributed by atoms with E-state index in [1.807, 2.05) is 19.1 Å². The summed E-state index contributed by atoms with van der Waals surface area (Å²) < 4.78 is 11.3. The maximum Gasteiger partial charge on any atom is 0.344 e. The van der Waals surface area contributed by atoms with Gasteiger partial charge < -0.3 is 20.3 Å². The number of ether oxygens (including phenoxy) is 2. The van der Waals surface area contributed by atoms with Gasteiger partial charge in [0.2, 0.25) is 0 Å². The van der Waals surface area contributed by atoms with Crippen LogP contribution in [0.15, 0.2) is 16.6 Å². The minimum Gasteiger partial charge on any atom is -0.493 e. The van der Waals surface area contributed by atoms with E-state index in [9.17, 15) is 4.79 Å². The molecule has 1 aromatic rings. The topological polar surface area (TPSA) is 81.8 Å². The number of carbonyl (C=O) groups is 1. The SMILES string of the molecule is CCC(N)Cc1cc(Br)c(OC(C)C(=O)O)c(OC)c1. The molecule has 0 aliphatic heterocycles. The molecule has 0 spiro atoms. The van der Waals surface area contributed by atoms with Crippen LogP contribution in [0, 0.1) is 0 Å². The molecule has 0 radical (unpaired) electrons. The highest BCUT2D eigenvalue weighted by Crippen LogP contribution is 2.37. The average molecular weight is 346 g/mol. The summed E-state index contributed by atoms with van der Waals surface area (Å²) in [7, 11) is 1.52. The van der Waals surface area contributed by atoms with Crippen LogP contribution >= 0.6 is 15.9 Å². The summed E-state index contributed by atoms with van der Waals surface area (Å²) in [6.07, 6.45) is 0.651. The quantitative estimate of drug-likeness (QED) is 0.793. The molecule has 0 amide bonds. The molecule has 0 saturated heterocycles. The second-order valence-electron chi connectivity index (χ2n) is 4.58. The Balaban J connectivity index is 3.04. The second kappa shape index (κ2) is 7.50. The van der Waals surface area contributed by atoms with Crippen molar-refractivity contribution in [1.82, 2.24) is 0 Å². The Kier molecular flexibility index (Phi) is 6.29. The molecule has 0 aliphatic carbocycles. The van der Waals surface area contributed by atoms with Crippen molar-refractivity contribution in [2.24, 2.45) is 5.73 Å². The van der Waals surface area contributed by atoms with Crippen LogP contribution in [0.4, 0.5) is 0 Å². The van der Waals surface area contributed by atoms with E-state index in [0.29, 0.717) is 16.0 Å². The van der Waals surface area contributed by atoms with Crippen LogP contribution in [0.25, 0.3) is 0 Å². The van der Waals surface area contributed by atoms with Crippen LogP contribution in [-0.4, -0.2) is 30.3 Å². The summed E-state index contributed by atoms with van der Waals surface area (Å²) >= 11 is 3.39. The van der Waals surface area contributed by atoms with Crippen LogP contribution in [0.3, 0.4) is 0 Å². The van der Waals surface area contributed by atoms with Gasteiger partial charge in [0.25, 0.3) is 0 Å². The molecule has 3 N–H and O–H groups in total. The number of hydrogen-bond acceptors (Lipinski definition) is 4. The van der Waals surface area contributed by atoms with E-state index in [-0.39, 0.29) is 6.04 Å². The van der Waals surface area contributed by atoms with Gasteiger partial charge in [0.15, 0.2) is 17.6 Å². The van der Waals surface area contributed by atoms with Crippen LogP contribution in [0.5, 0.6) is 11.5 Å². The van der Waals surface area contributed by atoms with Crippen LogP contribution < -0.4 is 15.2 Å². The molecular formula is C14H20BrNO4. The molecule has 6 heteroatoms. The highest BCUT2D eigenvalue weighted by atomic mass is 79.9. The average Bonchev–Trinajstić information content (AvgIpc) is 2.40.